The van der Waals surface area contributed by atoms with Gasteiger partial charge in [0.1, 0.15) is 11.9 Å². The molecule has 4 nitrogen and oxygen atoms in total. The van der Waals surface area contributed by atoms with Gasteiger partial charge in [-0.25, -0.2) is 4.39 Å². The summed E-state index contributed by atoms with van der Waals surface area (Å²) in [6, 6.07) is 22.0. The van der Waals surface area contributed by atoms with E-state index in [1.165, 1.54) is 12.1 Å². The molecule has 0 bridgehead atoms. The molecule has 1 N–H and O–H groups in total. The Morgan fingerprint density at radius 3 is 2.30 bits per heavy atom. The zero-order valence-corrected chi connectivity index (χ0v) is 19.4. The molecule has 1 atom stereocenters. The van der Waals surface area contributed by atoms with Crippen LogP contribution in [-0.2, 0) is 29.0 Å². The third kappa shape index (κ3) is 7.43. The third-order valence-corrected chi connectivity index (χ3v) is 5.57. The van der Waals surface area contributed by atoms with Crippen LogP contribution in [0.4, 0.5) is 4.39 Å². The first-order valence-electron chi connectivity index (χ1n) is 11.1. The van der Waals surface area contributed by atoms with Crippen LogP contribution in [0.25, 0.3) is 0 Å². The molecule has 0 aromatic heterocycles. The van der Waals surface area contributed by atoms with Gasteiger partial charge in [-0.1, -0.05) is 73.1 Å². The summed E-state index contributed by atoms with van der Waals surface area (Å²) < 4.78 is 13.5. The summed E-state index contributed by atoms with van der Waals surface area (Å²) in [6.07, 6.45) is 1.27. The van der Waals surface area contributed by atoms with Gasteiger partial charge in [0, 0.05) is 24.5 Å². The number of nitrogens with zero attached hydrogens (tertiary/aromatic N) is 1. The van der Waals surface area contributed by atoms with Gasteiger partial charge in [-0.15, -0.1) is 0 Å². The second kappa shape index (κ2) is 12.2. The normalized spacial score (nSPS) is 11.6. The average molecular weight is 467 g/mol. The molecule has 0 heterocycles. The van der Waals surface area contributed by atoms with E-state index >= 15 is 0 Å². The van der Waals surface area contributed by atoms with Crippen LogP contribution in [0.3, 0.4) is 0 Å². The number of nitrogens with one attached hydrogen (secondary N) is 1. The molecule has 33 heavy (non-hydrogen) atoms. The first kappa shape index (κ1) is 24.5. The number of hydrogen-bond acceptors (Lipinski definition) is 2. The molecule has 6 heteroatoms. The maximum atomic E-state index is 13.5. The van der Waals surface area contributed by atoms with Crippen LogP contribution in [0.15, 0.2) is 78.9 Å². The Morgan fingerprint density at radius 1 is 0.939 bits per heavy atom. The van der Waals surface area contributed by atoms with E-state index in [0.29, 0.717) is 18.0 Å². The molecule has 0 saturated heterocycles. The van der Waals surface area contributed by atoms with Crippen LogP contribution in [0, 0.1) is 5.82 Å². The fourth-order valence-electron chi connectivity index (χ4n) is 3.63. The number of carbonyl (C=O) groups excluding carboxylic acids is 2. The molecule has 0 aliphatic rings. The van der Waals surface area contributed by atoms with Gasteiger partial charge >= 0.3 is 0 Å². The van der Waals surface area contributed by atoms with Crippen molar-refractivity contribution in [3.63, 3.8) is 0 Å². The van der Waals surface area contributed by atoms with Gasteiger partial charge < -0.3 is 10.2 Å². The summed E-state index contributed by atoms with van der Waals surface area (Å²) in [6.45, 7) is 2.70. The quantitative estimate of drug-likeness (QED) is 0.447. The second-order valence-corrected chi connectivity index (χ2v) is 8.39. The van der Waals surface area contributed by atoms with E-state index in [4.69, 9.17) is 11.6 Å². The van der Waals surface area contributed by atoms with Crippen molar-refractivity contribution < 1.29 is 14.0 Å². The molecule has 0 aliphatic heterocycles. The maximum Gasteiger partial charge on any atom is 0.243 e. The minimum absolute atomic E-state index is 0.105. The molecule has 0 aliphatic carbocycles. The van der Waals surface area contributed by atoms with Crippen molar-refractivity contribution in [3.05, 3.63) is 106 Å². The number of halogens is 2. The summed E-state index contributed by atoms with van der Waals surface area (Å²) in [5, 5.41) is 3.49. The topological polar surface area (TPSA) is 49.4 Å². The van der Waals surface area contributed by atoms with Gasteiger partial charge in [0.25, 0.3) is 0 Å². The number of rotatable bonds is 10. The lowest BCUT2D eigenvalue weighted by Gasteiger charge is -2.31. The Labute approximate surface area is 199 Å². The summed E-state index contributed by atoms with van der Waals surface area (Å²) in [5.41, 5.74) is 2.47. The smallest absolute Gasteiger partial charge is 0.243 e. The molecular weight excluding hydrogens is 439 g/mol. The first-order valence-corrected chi connectivity index (χ1v) is 11.4. The molecule has 3 aromatic rings. The van der Waals surface area contributed by atoms with Crippen molar-refractivity contribution in [3.8, 4) is 0 Å². The molecule has 0 radical (unpaired) electrons. The monoisotopic (exact) mass is 466 g/mol. The van der Waals surface area contributed by atoms with Gasteiger partial charge in [0.05, 0.1) is 6.42 Å². The van der Waals surface area contributed by atoms with Crippen molar-refractivity contribution in [2.45, 2.75) is 38.8 Å². The molecule has 3 aromatic carbocycles. The lowest BCUT2D eigenvalue weighted by molar-refractivity contribution is -0.140. The molecule has 3 rings (SSSR count). The van der Waals surface area contributed by atoms with Crippen LogP contribution < -0.4 is 5.32 Å². The molecule has 0 unspecified atom stereocenters. The number of hydrogen-bond donors (Lipinski definition) is 1. The summed E-state index contributed by atoms with van der Waals surface area (Å²) in [4.78, 5) is 28.3. The highest BCUT2D eigenvalue weighted by atomic mass is 35.5. The Balaban J connectivity index is 1.94. The predicted octanol–water partition coefficient (Wildman–Crippen LogP) is 5.19. The Kier molecular flexibility index (Phi) is 9.02. The fourth-order valence-corrected chi connectivity index (χ4v) is 3.84. The summed E-state index contributed by atoms with van der Waals surface area (Å²) in [7, 11) is 0. The highest BCUT2D eigenvalue weighted by Gasteiger charge is 2.30. The van der Waals surface area contributed by atoms with E-state index < -0.39 is 6.04 Å². The van der Waals surface area contributed by atoms with Crippen LogP contribution in [0.5, 0.6) is 0 Å². The zero-order chi connectivity index (χ0) is 23.6. The minimum atomic E-state index is -0.712. The van der Waals surface area contributed by atoms with Crippen molar-refractivity contribution >= 4 is 23.4 Å². The highest BCUT2D eigenvalue weighted by molar-refractivity contribution is 6.30. The standard InChI is InChI=1S/C27H28ClFN2O2/c1-2-15-30-27(33)25(17-20-7-4-3-5-8-20)31(19-21-11-13-24(29)14-12-21)26(32)18-22-9-6-10-23(28)16-22/h3-14,16,25H,2,15,17-19H2,1H3,(H,30,33)/t25-/m0/s1. The van der Waals surface area contributed by atoms with Crippen molar-refractivity contribution in [1.29, 1.82) is 0 Å². The SMILES string of the molecule is CCCNC(=O)[C@H](Cc1ccccc1)N(Cc1ccc(F)cc1)C(=O)Cc1cccc(Cl)c1. The third-order valence-electron chi connectivity index (χ3n) is 5.33. The van der Waals surface area contributed by atoms with E-state index in [1.807, 2.05) is 43.3 Å². The fraction of sp³-hybridized carbons (Fsp3) is 0.259. The molecule has 172 valence electrons. The average Bonchev–Trinajstić information content (AvgIpc) is 2.81. The summed E-state index contributed by atoms with van der Waals surface area (Å²) in [5.74, 6) is -0.756. The van der Waals surface area contributed by atoms with E-state index in [0.717, 1.165) is 23.1 Å². The Morgan fingerprint density at radius 2 is 1.64 bits per heavy atom. The van der Waals surface area contributed by atoms with Crippen LogP contribution in [0.2, 0.25) is 5.02 Å². The van der Waals surface area contributed by atoms with E-state index in [-0.39, 0.29) is 30.6 Å². The van der Waals surface area contributed by atoms with Crippen LogP contribution in [-0.4, -0.2) is 29.3 Å². The molecule has 0 spiro atoms. The lowest BCUT2D eigenvalue weighted by atomic mass is 10.0. The maximum absolute atomic E-state index is 13.5. The zero-order valence-electron chi connectivity index (χ0n) is 18.6. The van der Waals surface area contributed by atoms with Gasteiger partial charge in [-0.3, -0.25) is 9.59 Å². The molecule has 0 saturated carbocycles. The van der Waals surface area contributed by atoms with E-state index in [1.54, 1.807) is 35.2 Å². The van der Waals surface area contributed by atoms with Gasteiger partial charge in [0.2, 0.25) is 11.8 Å². The van der Waals surface area contributed by atoms with Gasteiger partial charge in [-0.05, 0) is 47.4 Å². The largest absolute Gasteiger partial charge is 0.354 e. The van der Waals surface area contributed by atoms with Gasteiger partial charge in [-0.2, -0.15) is 0 Å². The van der Waals surface area contributed by atoms with E-state index in [2.05, 4.69) is 5.32 Å². The van der Waals surface area contributed by atoms with Crippen molar-refractivity contribution in [1.82, 2.24) is 10.2 Å². The Hall–Kier alpha value is -3.18. The predicted molar refractivity (Wildman–Crippen MR) is 129 cm³/mol. The lowest BCUT2D eigenvalue weighted by Crippen LogP contribution is -2.51. The Bertz CT molecular complexity index is 1060. The van der Waals surface area contributed by atoms with Crippen molar-refractivity contribution in [2.24, 2.45) is 0 Å². The van der Waals surface area contributed by atoms with E-state index in [9.17, 15) is 14.0 Å². The van der Waals surface area contributed by atoms with Gasteiger partial charge in [0.15, 0.2) is 0 Å². The first-order chi connectivity index (χ1) is 16.0. The van der Waals surface area contributed by atoms with Crippen LogP contribution >= 0.6 is 11.6 Å². The molecular formula is C27H28ClFN2O2. The van der Waals surface area contributed by atoms with Crippen LogP contribution in [0.1, 0.15) is 30.0 Å². The molecule has 2 amide bonds. The number of amides is 2. The molecule has 0 fully saturated rings. The second-order valence-electron chi connectivity index (χ2n) is 7.95. The number of benzene rings is 3. The number of carbonyl (C=O) groups is 2. The summed E-state index contributed by atoms with van der Waals surface area (Å²) >= 11 is 6.11. The highest BCUT2D eigenvalue weighted by Crippen LogP contribution is 2.18. The van der Waals surface area contributed by atoms with Crippen molar-refractivity contribution in [2.75, 3.05) is 6.54 Å². The minimum Gasteiger partial charge on any atom is -0.354 e.